The van der Waals surface area contributed by atoms with Crippen LogP contribution in [0.2, 0.25) is 0 Å². The van der Waals surface area contributed by atoms with E-state index < -0.39 is 17.7 Å². The second kappa shape index (κ2) is 8.66. The number of hydrogen-bond donors (Lipinski definition) is 2. The first-order valence-corrected chi connectivity index (χ1v) is 8.43. The molecule has 1 atom stereocenters. The van der Waals surface area contributed by atoms with E-state index in [0.717, 1.165) is 11.3 Å². The van der Waals surface area contributed by atoms with Crippen molar-refractivity contribution < 1.29 is 19.4 Å². The number of aliphatic hydroxyl groups is 1. The van der Waals surface area contributed by atoms with Crippen molar-refractivity contribution in [1.82, 2.24) is 20.3 Å². The minimum Gasteiger partial charge on any atom is -0.497 e. The number of nitrogens with one attached hydrogen (secondary N) is 1. The molecular formula is C18H26N4O4. The highest BCUT2D eigenvalue weighted by molar-refractivity contribution is 5.68. The number of ether oxygens (including phenoxy) is 2. The normalized spacial score (nSPS) is 12.5. The fourth-order valence-electron chi connectivity index (χ4n) is 2.32. The zero-order valence-corrected chi connectivity index (χ0v) is 15.6. The summed E-state index contributed by atoms with van der Waals surface area (Å²) in [6.45, 7) is 5.92. The van der Waals surface area contributed by atoms with Crippen molar-refractivity contribution in [3.05, 3.63) is 41.7 Å². The van der Waals surface area contributed by atoms with Crippen molar-refractivity contribution in [2.24, 2.45) is 0 Å². The van der Waals surface area contributed by atoms with Gasteiger partial charge in [0.2, 0.25) is 0 Å². The summed E-state index contributed by atoms with van der Waals surface area (Å²) in [6.07, 6.45) is 1.000. The van der Waals surface area contributed by atoms with E-state index >= 15 is 0 Å². The number of nitrogens with zero attached hydrogens (tertiary/aromatic N) is 3. The molecule has 2 N–H and O–H groups in total. The smallest absolute Gasteiger partial charge is 0.408 e. The molecule has 0 aliphatic rings. The van der Waals surface area contributed by atoms with E-state index in [1.807, 2.05) is 45.0 Å². The van der Waals surface area contributed by atoms with E-state index in [1.54, 1.807) is 13.3 Å². The molecule has 0 radical (unpaired) electrons. The van der Waals surface area contributed by atoms with Gasteiger partial charge in [-0.25, -0.2) is 9.48 Å². The van der Waals surface area contributed by atoms with Crippen LogP contribution in [-0.2, 0) is 17.7 Å². The van der Waals surface area contributed by atoms with Gasteiger partial charge in [0.25, 0.3) is 0 Å². The lowest BCUT2D eigenvalue weighted by atomic mass is 10.1. The standard InChI is InChI=1S/C18H26N4O4/c1-18(2,3)19-17(24)26-16(15-12-22(9-10-23)21-20-15)11-13-5-7-14(25-4)8-6-13/h5-8,12,16,23H,9-11H2,1-4H3,(H,19,24)/t16-/m0/s1. The molecule has 1 aromatic carbocycles. The zero-order chi connectivity index (χ0) is 19.2. The van der Waals surface area contributed by atoms with E-state index in [2.05, 4.69) is 15.6 Å². The monoisotopic (exact) mass is 362 g/mol. The van der Waals surface area contributed by atoms with Crippen molar-refractivity contribution in [1.29, 1.82) is 0 Å². The number of alkyl carbamates (subject to hydrolysis) is 1. The highest BCUT2D eigenvalue weighted by Gasteiger charge is 2.23. The van der Waals surface area contributed by atoms with Gasteiger partial charge in [-0.2, -0.15) is 0 Å². The van der Waals surface area contributed by atoms with Crippen molar-refractivity contribution >= 4 is 6.09 Å². The quantitative estimate of drug-likeness (QED) is 0.782. The first-order chi connectivity index (χ1) is 12.3. The number of rotatable bonds is 7. The van der Waals surface area contributed by atoms with Crippen LogP contribution in [0.25, 0.3) is 0 Å². The molecule has 2 aromatic rings. The lowest BCUT2D eigenvalue weighted by Crippen LogP contribution is -2.41. The maximum atomic E-state index is 12.2. The Bertz CT molecular complexity index is 707. The molecule has 142 valence electrons. The van der Waals surface area contributed by atoms with E-state index in [-0.39, 0.29) is 6.61 Å². The van der Waals surface area contributed by atoms with Gasteiger partial charge < -0.3 is 19.9 Å². The Balaban J connectivity index is 2.17. The lowest BCUT2D eigenvalue weighted by molar-refractivity contribution is 0.0888. The Morgan fingerprint density at radius 3 is 2.58 bits per heavy atom. The molecule has 0 saturated heterocycles. The van der Waals surface area contributed by atoms with Gasteiger partial charge in [-0.05, 0) is 38.5 Å². The van der Waals surface area contributed by atoms with Gasteiger partial charge in [0.05, 0.1) is 26.5 Å². The lowest BCUT2D eigenvalue weighted by Gasteiger charge is -2.23. The van der Waals surface area contributed by atoms with Crippen LogP contribution in [0.15, 0.2) is 30.5 Å². The number of carbonyl (C=O) groups excluding carboxylic acids is 1. The van der Waals surface area contributed by atoms with E-state index in [1.165, 1.54) is 4.68 Å². The largest absolute Gasteiger partial charge is 0.497 e. The van der Waals surface area contributed by atoms with Crippen molar-refractivity contribution in [3.63, 3.8) is 0 Å². The predicted molar refractivity (Wildman–Crippen MR) is 95.9 cm³/mol. The molecule has 26 heavy (non-hydrogen) atoms. The molecule has 0 aliphatic carbocycles. The molecule has 1 aromatic heterocycles. The van der Waals surface area contributed by atoms with Crippen LogP contribution in [0, 0.1) is 0 Å². The van der Waals surface area contributed by atoms with Crippen molar-refractivity contribution in [3.8, 4) is 5.75 Å². The summed E-state index contributed by atoms with van der Waals surface area (Å²) in [7, 11) is 1.61. The van der Waals surface area contributed by atoms with Gasteiger partial charge in [0.1, 0.15) is 11.4 Å². The fourth-order valence-corrected chi connectivity index (χ4v) is 2.32. The van der Waals surface area contributed by atoms with Gasteiger partial charge in [-0.3, -0.25) is 0 Å². The molecule has 8 heteroatoms. The predicted octanol–water partition coefficient (Wildman–Crippen LogP) is 2.09. The second-order valence-electron chi connectivity index (χ2n) is 6.95. The molecule has 0 spiro atoms. The number of carbonyl (C=O) groups is 1. The Kier molecular flexibility index (Phi) is 6.57. The van der Waals surface area contributed by atoms with Crippen LogP contribution >= 0.6 is 0 Å². The molecule has 0 aliphatic heterocycles. The van der Waals surface area contributed by atoms with Crippen molar-refractivity contribution in [2.75, 3.05) is 13.7 Å². The fraction of sp³-hybridized carbons (Fsp3) is 0.500. The molecule has 0 saturated carbocycles. The Morgan fingerprint density at radius 2 is 2.00 bits per heavy atom. The van der Waals surface area contributed by atoms with Gasteiger partial charge in [0.15, 0.2) is 6.10 Å². The van der Waals surface area contributed by atoms with Crippen LogP contribution in [0.3, 0.4) is 0 Å². The molecule has 8 nitrogen and oxygen atoms in total. The summed E-state index contributed by atoms with van der Waals surface area (Å²) in [5.74, 6) is 0.755. The molecule has 1 heterocycles. The maximum Gasteiger partial charge on any atom is 0.408 e. The number of aromatic nitrogens is 3. The molecular weight excluding hydrogens is 336 g/mol. The summed E-state index contributed by atoms with van der Waals surface area (Å²) in [5, 5.41) is 19.8. The van der Waals surface area contributed by atoms with E-state index in [9.17, 15) is 4.79 Å². The van der Waals surface area contributed by atoms with Gasteiger partial charge in [-0.1, -0.05) is 17.3 Å². The highest BCUT2D eigenvalue weighted by Crippen LogP contribution is 2.22. The molecule has 0 bridgehead atoms. The first kappa shape index (κ1) is 19.7. The van der Waals surface area contributed by atoms with Gasteiger partial charge in [-0.15, -0.1) is 5.10 Å². The summed E-state index contributed by atoms with van der Waals surface area (Å²) in [4.78, 5) is 12.2. The van der Waals surface area contributed by atoms with Crippen LogP contribution < -0.4 is 10.1 Å². The number of aliphatic hydroxyl groups excluding tert-OH is 1. The molecule has 1 amide bonds. The first-order valence-electron chi connectivity index (χ1n) is 8.43. The SMILES string of the molecule is COc1ccc(C[C@H](OC(=O)NC(C)(C)C)c2cn(CCO)nn2)cc1. The topological polar surface area (TPSA) is 98.5 Å². The van der Waals surface area contributed by atoms with Crippen LogP contribution in [0.5, 0.6) is 5.75 Å². The number of amides is 1. The summed E-state index contributed by atoms with van der Waals surface area (Å²) >= 11 is 0. The summed E-state index contributed by atoms with van der Waals surface area (Å²) in [5.41, 5.74) is 1.09. The summed E-state index contributed by atoms with van der Waals surface area (Å²) < 4.78 is 12.3. The van der Waals surface area contributed by atoms with Crippen LogP contribution in [0.4, 0.5) is 4.79 Å². The average molecular weight is 362 g/mol. The average Bonchev–Trinajstić information content (AvgIpc) is 3.02. The van der Waals surface area contributed by atoms with E-state index in [4.69, 9.17) is 14.6 Å². The summed E-state index contributed by atoms with van der Waals surface area (Å²) in [6, 6.07) is 7.53. The minimum atomic E-state index is -0.599. The van der Waals surface area contributed by atoms with Gasteiger partial charge >= 0.3 is 6.09 Å². The third-order valence-electron chi connectivity index (χ3n) is 3.52. The Labute approximate surface area is 153 Å². The maximum absolute atomic E-state index is 12.2. The number of methoxy groups -OCH3 is 1. The number of hydrogen-bond acceptors (Lipinski definition) is 6. The molecule has 0 fully saturated rings. The van der Waals surface area contributed by atoms with Crippen LogP contribution in [-0.4, -0.2) is 45.4 Å². The Morgan fingerprint density at radius 1 is 1.31 bits per heavy atom. The third-order valence-corrected chi connectivity index (χ3v) is 3.52. The molecule has 0 unspecified atom stereocenters. The van der Waals surface area contributed by atoms with Crippen molar-refractivity contribution in [2.45, 2.75) is 45.4 Å². The minimum absolute atomic E-state index is 0.0443. The highest BCUT2D eigenvalue weighted by atomic mass is 16.6. The molecule has 2 rings (SSSR count). The third kappa shape index (κ3) is 6.03. The van der Waals surface area contributed by atoms with E-state index in [0.29, 0.717) is 18.7 Å². The van der Waals surface area contributed by atoms with Gasteiger partial charge in [0, 0.05) is 12.0 Å². The second-order valence-corrected chi connectivity index (χ2v) is 6.95. The zero-order valence-electron chi connectivity index (χ0n) is 15.6. The number of benzene rings is 1. The van der Waals surface area contributed by atoms with Crippen LogP contribution in [0.1, 0.15) is 38.1 Å². The Hall–Kier alpha value is -2.61.